The van der Waals surface area contributed by atoms with Gasteiger partial charge in [-0.3, -0.25) is 9.59 Å². The van der Waals surface area contributed by atoms with Gasteiger partial charge in [-0.05, 0) is 30.7 Å². The zero-order valence-corrected chi connectivity index (χ0v) is 15.9. The number of nitrogens with one attached hydrogen (secondary N) is 3. The van der Waals surface area contributed by atoms with Gasteiger partial charge in [0.25, 0.3) is 11.8 Å². The summed E-state index contributed by atoms with van der Waals surface area (Å²) >= 11 is 0. The van der Waals surface area contributed by atoms with E-state index in [-0.39, 0.29) is 29.8 Å². The first-order valence-corrected chi connectivity index (χ1v) is 9.51. The third kappa shape index (κ3) is 6.81. The van der Waals surface area contributed by atoms with E-state index in [9.17, 15) is 18.0 Å². The molecule has 0 aliphatic carbocycles. The fraction of sp³-hybridized carbons (Fsp3) is 0.500. The molecule has 140 valence electrons. The van der Waals surface area contributed by atoms with Crippen molar-refractivity contribution < 1.29 is 22.9 Å². The van der Waals surface area contributed by atoms with E-state index in [0.717, 1.165) is 15.6 Å². The van der Waals surface area contributed by atoms with Crippen LogP contribution < -0.4 is 15.5 Å². The Morgan fingerprint density at radius 2 is 1.64 bits per heavy atom. The van der Waals surface area contributed by atoms with Crippen LogP contribution >= 0.6 is 0 Å². The second-order valence-corrected chi connectivity index (χ2v) is 8.17. The summed E-state index contributed by atoms with van der Waals surface area (Å²) in [6.45, 7) is 2.95. The molecule has 25 heavy (non-hydrogen) atoms. The fourth-order valence-electron chi connectivity index (χ4n) is 2.06. The molecule has 0 saturated heterocycles. The Morgan fingerprint density at radius 1 is 1.08 bits per heavy atom. The zero-order valence-electron chi connectivity index (χ0n) is 15.1. The molecule has 8 nitrogen and oxygen atoms in total. The summed E-state index contributed by atoms with van der Waals surface area (Å²) in [5, 5.41) is 5.46. The number of anilines is 1. The van der Waals surface area contributed by atoms with Crippen molar-refractivity contribution in [1.82, 2.24) is 9.62 Å². The van der Waals surface area contributed by atoms with Gasteiger partial charge in [0.05, 0.1) is 11.9 Å². The standard InChI is InChI=1S/C16H26N4O4S/c1-5-10-17-15(21)11-20(4)12-16(22)18-13-6-8-14(9-7-13)25(23,24)19(2)3/h6-9H,5,10-12H2,1-4H3,(H,17,21)(H,18,22)/p+1. The van der Waals surface area contributed by atoms with Gasteiger partial charge < -0.3 is 15.5 Å². The maximum Gasteiger partial charge on any atom is 0.279 e. The van der Waals surface area contributed by atoms with E-state index in [1.807, 2.05) is 6.92 Å². The Kier molecular flexibility index (Phi) is 8.01. The maximum absolute atomic E-state index is 12.0. The molecule has 0 bridgehead atoms. The molecule has 0 heterocycles. The van der Waals surface area contributed by atoms with E-state index >= 15 is 0 Å². The van der Waals surface area contributed by atoms with Crippen molar-refractivity contribution in [2.75, 3.05) is 46.1 Å². The van der Waals surface area contributed by atoms with E-state index in [4.69, 9.17) is 0 Å². The van der Waals surface area contributed by atoms with Crippen LogP contribution in [0.3, 0.4) is 0 Å². The van der Waals surface area contributed by atoms with Crippen LogP contribution in [0.2, 0.25) is 0 Å². The van der Waals surface area contributed by atoms with Crippen molar-refractivity contribution in [1.29, 1.82) is 0 Å². The number of rotatable bonds is 9. The number of hydrogen-bond acceptors (Lipinski definition) is 4. The van der Waals surface area contributed by atoms with Gasteiger partial charge in [0.1, 0.15) is 0 Å². The van der Waals surface area contributed by atoms with Crippen LogP contribution in [0.25, 0.3) is 0 Å². The Balaban J connectivity index is 2.56. The average molecular weight is 371 g/mol. The van der Waals surface area contributed by atoms with Crippen molar-refractivity contribution >= 4 is 27.5 Å². The predicted octanol–water partition coefficient (Wildman–Crippen LogP) is -1.08. The number of benzene rings is 1. The third-order valence-electron chi connectivity index (χ3n) is 3.41. The van der Waals surface area contributed by atoms with Crippen LogP contribution in [-0.4, -0.2) is 65.3 Å². The smallest absolute Gasteiger partial charge is 0.279 e. The molecule has 0 aliphatic rings. The largest absolute Gasteiger partial charge is 0.351 e. The van der Waals surface area contributed by atoms with E-state index in [2.05, 4.69) is 10.6 Å². The fourth-order valence-corrected chi connectivity index (χ4v) is 2.97. The molecular formula is C16H27N4O4S+. The molecule has 0 fully saturated rings. The second-order valence-electron chi connectivity index (χ2n) is 6.02. The zero-order chi connectivity index (χ0) is 19.0. The minimum atomic E-state index is -3.49. The molecule has 9 heteroatoms. The minimum Gasteiger partial charge on any atom is -0.351 e. The number of quaternary nitrogens is 1. The Morgan fingerprint density at radius 3 is 2.16 bits per heavy atom. The van der Waals surface area contributed by atoms with Crippen LogP contribution in [0, 0.1) is 0 Å². The van der Waals surface area contributed by atoms with Gasteiger partial charge in [-0.2, -0.15) is 0 Å². The Labute approximate surface area is 149 Å². The number of nitrogens with zero attached hydrogens (tertiary/aromatic N) is 1. The van der Waals surface area contributed by atoms with Crippen molar-refractivity contribution in [3.8, 4) is 0 Å². The highest BCUT2D eigenvalue weighted by atomic mass is 32.2. The summed E-state index contributed by atoms with van der Waals surface area (Å²) in [7, 11) is 1.19. The van der Waals surface area contributed by atoms with Crippen molar-refractivity contribution in [2.45, 2.75) is 18.2 Å². The monoisotopic (exact) mass is 371 g/mol. The van der Waals surface area contributed by atoms with Crippen molar-refractivity contribution in [2.24, 2.45) is 0 Å². The van der Waals surface area contributed by atoms with Crippen molar-refractivity contribution in [3.05, 3.63) is 24.3 Å². The van der Waals surface area contributed by atoms with Gasteiger partial charge in [-0.25, -0.2) is 12.7 Å². The number of carbonyl (C=O) groups excluding carboxylic acids is 2. The van der Waals surface area contributed by atoms with Crippen LogP contribution in [0.5, 0.6) is 0 Å². The highest BCUT2D eigenvalue weighted by molar-refractivity contribution is 7.89. The molecule has 1 unspecified atom stereocenters. The topological polar surface area (TPSA) is 100 Å². The first-order valence-electron chi connectivity index (χ1n) is 8.07. The summed E-state index contributed by atoms with van der Waals surface area (Å²) in [5.41, 5.74) is 0.506. The van der Waals surface area contributed by atoms with Crippen LogP contribution in [0.1, 0.15) is 13.3 Å². The lowest BCUT2D eigenvalue weighted by molar-refractivity contribution is -0.862. The molecule has 1 aromatic carbocycles. The van der Waals surface area contributed by atoms with Crippen molar-refractivity contribution in [3.63, 3.8) is 0 Å². The molecule has 0 spiro atoms. The SMILES string of the molecule is CCCNC(=O)C[NH+](C)CC(=O)Nc1ccc(S(=O)(=O)N(C)C)cc1. The van der Waals surface area contributed by atoms with Gasteiger partial charge in [-0.1, -0.05) is 6.92 Å². The molecule has 0 radical (unpaired) electrons. The Hall–Kier alpha value is -1.97. The van der Waals surface area contributed by atoms with E-state index in [0.29, 0.717) is 12.2 Å². The molecule has 1 atom stereocenters. The summed E-state index contributed by atoms with van der Waals surface area (Å²) in [6.07, 6.45) is 0.866. The van der Waals surface area contributed by atoms with Gasteiger partial charge in [0.2, 0.25) is 10.0 Å². The molecule has 0 aliphatic heterocycles. The summed E-state index contributed by atoms with van der Waals surface area (Å²) in [6, 6.07) is 5.97. The highest BCUT2D eigenvalue weighted by Gasteiger charge is 2.17. The normalized spacial score (nSPS) is 12.7. The van der Waals surface area contributed by atoms with Crippen LogP contribution in [0.15, 0.2) is 29.2 Å². The summed E-state index contributed by atoms with van der Waals surface area (Å²) < 4.78 is 25.1. The summed E-state index contributed by atoms with van der Waals surface area (Å²) in [4.78, 5) is 24.6. The first kappa shape index (κ1) is 21.1. The van der Waals surface area contributed by atoms with E-state index < -0.39 is 10.0 Å². The molecule has 1 aromatic rings. The Bertz CT molecular complexity index is 687. The second kappa shape index (κ2) is 9.50. The first-order chi connectivity index (χ1) is 11.7. The summed E-state index contributed by atoms with van der Waals surface area (Å²) in [5.74, 6) is -0.339. The quantitative estimate of drug-likeness (QED) is 0.514. The van der Waals surface area contributed by atoms with Gasteiger partial charge in [0, 0.05) is 26.3 Å². The number of amides is 2. The van der Waals surface area contributed by atoms with Crippen LogP contribution in [0.4, 0.5) is 5.69 Å². The van der Waals surface area contributed by atoms with Crippen LogP contribution in [-0.2, 0) is 19.6 Å². The number of sulfonamides is 1. The van der Waals surface area contributed by atoms with Gasteiger partial charge in [-0.15, -0.1) is 0 Å². The lowest BCUT2D eigenvalue weighted by atomic mass is 10.3. The van der Waals surface area contributed by atoms with Gasteiger partial charge in [0.15, 0.2) is 13.1 Å². The lowest BCUT2D eigenvalue weighted by Gasteiger charge is -2.14. The maximum atomic E-state index is 12.0. The molecule has 2 amide bonds. The number of carbonyl (C=O) groups is 2. The lowest BCUT2D eigenvalue weighted by Crippen LogP contribution is -3.11. The van der Waals surface area contributed by atoms with E-state index in [1.54, 1.807) is 7.05 Å². The average Bonchev–Trinajstić information content (AvgIpc) is 2.52. The minimum absolute atomic E-state index is 0.0922. The molecule has 1 rings (SSSR count). The molecule has 0 aromatic heterocycles. The molecule has 0 saturated carbocycles. The predicted molar refractivity (Wildman–Crippen MR) is 95.9 cm³/mol. The number of likely N-dealkylation sites (N-methyl/N-ethyl adjacent to an activating group) is 1. The number of hydrogen-bond donors (Lipinski definition) is 3. The third-order valence-corrected chi connectivity index (χ3v) is 5.24. The molecule has 3 N–H and O–H groups in total. The van der Waals surface area contributed by atoms with Gasteiger partial charge >= 0.3 is 0 Å². The highest BCUT2D eigenvalue weighted by Crippen LogP contribution is 2.16. The molecular weight excluding hydrogens is 344 g/mol. The van der Waals surface area contributed by atoms with E-state index in [1.165, 1.54) is 38.4 Å².